The van der Waals surface area contributed by atoms with Gasteiger partial charge in [0.2, 0.25) is 17.7 Å². The average Bonchev–Trinajstić information content (AvgIpc) is 2.62. The molecule has 1 heterocycles. The maximum atomic E-state index is 11.6. The van der Waals surface area contributed by atoms with Gasteiger partial charge in [0.15, 0.2) is 7.98 Å². The Kier molecular flexibility index (Phi) is 5.80. The molecule has 1 atom stereocenters. The largest absolute Gasteiger partial charge is 0.383 e. The SMILES string of the molecule is [B]NC1CC(=O)N(CCC(=O)NCCOC)C1=O. The van der Waals surface area contributed by atoms with Crippen LogP contribution in [0.2, 0.25) is 0 Å². The van der Waals surface area contributed by atoms with Gasteiger partial charge in [-0.2, -0.15) is 0 Å². The third kappa shape index (κ3) is 3.81. The van der Waals surface area contributed by atoms with Gasteiger partial charge in [0, 0.05) is 26.6 Å². The zero-order valence-electron chi connectivity index (χ0n) is 10.3. The molecule has 0 aliphatic carbocycles. The summed E-state index contributed by atoms with van der Waals surface area (Å²) < 4.78 is 4.78. The molecule has 8 heteroatoms. The summed E-state index contributed by atoms with van der Waals surface area (Å²) >= 11 is 0. The molecule has 0 saturated carbocycles. The molecule has 0 bridgehead atoms. The number of carbonyl (C=O) groups is 3. The number of rotatable bonds is 7. The summed E-state index contributed by atoms with van der Waals surface area (Å²) in [6, 6.07) is -0.672. The van der Waals surface area contributed by atoms with E-state index >= 15 is 0 Å². The fourth-order valence-electron chi connectivity index (χ4n) is 1.64. The van der Waals surface area contributed by atoms with Gasteiger partial charge in [-0.25, -0.2) is 0 Å². The van der Waals surface area contributed by atoms with Crippen LogP contribution in [-0.4, -0.2) is 63.5 Å². The van der Waals surface area contributed by atoms with Crippen LogP contribution in [0.25, 0.3) is 0 Å². The van der Waals surface area contributed by atoms with Gasteiger partial charge in [0.25, 0.3) is 0 Å². The van der Waals surface area contributed by atoms with E-state index in [1.54, 1.807) is 0 Å². The van der Waals surface area contributed by atoms with E-state index < -0.39 is 6.04 Å². The molecule has 7 nitrogen and oxygen atoms in total. The highest BCUT2D eigenvalue weighted by molar-refractivity contribution is 6.12. The summed E-state index contributed by atoms with van der Waals surface area (Å²) in [4.78, 5) is 35.6. The third-order valence-electron chi connectivity index (χ3n) is 2.64. The van der Waals surface area contributed by atoms with Gasteiger partial charge in [-0.15, -0.1) is 0 Å². The maximum absolute atomic E-state index is 11.6. The molecule has 18 heavy (non-hydrogen) atoms. The molecule has 3 amide bonds. The molecule has 0 aromatic carbocycles. The molecular weight excluding hydrogens is 237 g/mol. The van der Waals surface area contributed by atoms with Crippen LogP contribution in [-0.2, 0) is 19.1 Å². The number of nitrogens with one attached hydrogen (secondary N) is 2. The molecule has 98 valence electrons. The molecular formula is C10H16BN3O4. The first-order valence-corrected chi connectivity index (χ1v) is 5.66. The molecule has 1 rings (SSSR count). The standard InChI is InChI=1S/C10H16BN3O4/c1-18-5-3-12-8(15)2-4-14-9(16)6-7(13-11)10(14)17/h7,13H,2-6H2,1H3,(H,12,15). The van der Waals surface area contributed by atoms with E-state index in [-0.39, 0.29) is 37.1 Å². The summed E-state index contributed by atoms with van der Waals surface area (Å²) in [5, 5.41) is 4.88. The number of ether oxygens (including phenoxy) is 1. The number of carbonyl (C=O) groups excluding carboxylic acids is 3. The maximum Gasteiger partial charge on any atom is 0.245 e. The second-order valence-electron chi connectivity index (χ2n) is 3.90. The lowest BCUT2D eigenvalue weighted by atomic mass is 10.2. The van der Waals surface area contributed by atoms with Gasteiger partial charge in [0.05, 0.1) is 19.1 Å². The number of hydrogen-bond acceptors (Lipinski definition) is 5. The molecule has 1 aliphatic rings. The lowest BCUT2D eigenvalue weighted by molar-refractivity contribution is -0.139. The number of imide groups is 1. The smallest absolute Gasteiger partial charge is 0.245 e. The Balaban J connectivity index is 2.32. The topological polar surface area (TPSA) is 87.7 Å². The predicted octanol–water partition coefficient (Wildman–Crippen LogP) is -2.06. The molecule has 0 aromatic heterocycles. The summed E-state index contributed by atoms with van der Waals surface area (Å²) in [5.74, 6) is -0.920. The molecule has 1 fully saturated rings. The minimum atomic E-state index is -0.672. The van der Waals surface area contributed by atoms with Crippen molar-refractivity contribution < 1.29 is 19.1 Å². The minimum Gasteiger partial charge on any atom is -0.383 e. The molecule has 2 N–H and O–H groups in total. The van der Waals surface area contributed by atoms with Crippen LogP contribution < -0.4 is 10.5 Å². The van der Waals surface area contributed by atoms with E-state index in [0.29, 0.717) is 13.2 Å². The van der Waals surface area contributed by atoms with Gasteiger partial charge < -0.3 is 15.3 Å². The van der Waals surface area contributed by atoms with Crippen molar-refractivity contribution in [1.82, 2.24) is 15.4 Å². The van der Waals surface area contributed by atoms with Gasteiger partial charge in [-0.1, -0.05) is 0 Å². The van der Waals surface area contributed by atoms with Crippen LogP contribution >= 0.6 is 0 Å². The van der Waals surface area contributed by atoms with Gasteiger partial charge in [-0.3, -0.25) is 19.3 Å². The number of methoxy groups -OCH3 is 1. The van der Waals surface area contributed by atoms with Crippen molar-refractivity contribution in [3.05, 3.63) is 0 Å². The van der Waals surface area contributed by atoms with Crippen LogP contribution in [0.1, 0.15) is 12.8 Å². The van der Waals surface area contributed by atoms with Crippen LogP contribution in [0.3, 0.4) is 0 Å². The first-order valence-electron chi connectivity index (χ1n) is 5.66. The zero-order valence-corrected chi connectivity index (χ0v) is 10.3. The molecule has 0 spiro atoms. The van der Waals surface area contributed by atoms with E-state index in [1.807, 2.05) is 0 Å². The van der Waals surface area contributed by atoms with E-state index in [9.17, 15) is 14.4 Å². The third-order valence-corrected chi connectivity index (χ3v) is 2.64. The van der Waals surface area contributed by atoms with E-state index in [2.05, 4.69) is 10.5 Å². The van der Waals surface area contributed by atoms with Crippen molar-refractivity contribution in [2.24, 2.45) is 0 Å². The number of hydrogen-bond donors (Lipinski definition) is 2. The Morgan fingerprint density at radius 3 is 2.83 bits per heavy atom. The van der Waals surface area contributed by atoms with Crippen LogP contribution in [0.5, 0.6) is 0 Å². The molecule has 0 aromatic rings. The highest BCUT2D eigenvalue weighted by atomic mass is 16.5. The number of amides is 3. The van der Waals surface area contributed by atoms with Gasteiger partial charge in [-0.05, 0) is 0 Å². The minimum absolute atomic E-state index is 0.0423. The van der Waals surface area contributed by atoms with Crippen LogP contribution in [0.15, 0.2) is 0 Å². The summed E-state index contributed by atoms with van der Waals surface area (Å²) in [6.07, 6.45) is 0.124. The second-order valence-corrected chi connectivity index (χ2v) is 3.90. The lowest BCUT2D eigenvalue weighted by Gasteiger charge is -2.14. The highest BCUT2D eigenvalue weighted by Crippen LogP contribution is 2.12. The lowest BCUT2D eigenvalue weighted by Crippen LogP contribution is -2.39. The number of nitrogens with zero attached hydrogens (tertiary/aromatic N) is 1. The van der Waals surface area contributed by atoms with Crippen LogP contribution in [0.4, 0.5) is 0 Å². The Morgan fingerprint density at radius 2 is 2.28 bits per heavy atom. The Morgan fingerprint density at radius 1 is 1.56 bits per heavy atom. The monoisotopic (exact) mass is 253 g/mol. The first kappa shape index (κ1) is 14.7. The van der Waals surface area contributed by atoms with Crippen molar-refractivity contribution in [2.45, 2.75) is 18.9 Å². The van der Waals surface area contributed by atoms with E-state index in [0.717, 1.165) is 4.90 Å². The van der Waals surface area contributed by atoms with E-state index in [4.69, 9.17) is 12.7 Å². The Hall–Kier alpha value is -1.41. The molecule has 1 aliphatic heterocycles. The second kappa shape index (κ2) is 7.12. The predicted molar refractivity (Wildman–Crippen MR) is 63.5 cm³/mol. The van der Waals surface area contributed by atoms with Crippen molar-refractivity contribution in [1.29, 1.82) is 0 Å². The van der Waals surface area contributed by atoms with Gasteiger partial charge in [0.1, 0.15) is 0 Å². The normalized spacial score (nSPS) is 19.4. The van der Waals surface area contributed by atoms with Crippen LogP contribution in [0, 0.1) is 0 Å². The van der Waals surface area contributed by atoms with Crippen molar-refractivity contribution in [3.63, 3.8) is 0 Å². The van der Waals surface area contributed by atoms with Crippen molar-refractivity contribution in [2.75, 3.05) is 26.8 Å². The average molecular weight is 253 g/mol. The van der Waals surface area contributed by atoms with Gasteiger partial charge >= 0.3 is 0 Å². The quantitative estimate of drug-likeness (QED) is 0.309. The zero-order chi connectivity index (χ0) is 13.5. The summed E-state index contributed by atoms with van der Waals surface area (Å²) in [5.41, 5.74) is 0. The van der Waals surface area contributed by atoms with Crippen molar-refractivity contribution >= 4 is 25.7 Å². The highest BCUT2D eigenvalue weighted by Gasteiger charge is 2.36. The van der Waals surface area contributed by atoms with E-state index in [1.165, 1.54) is 7.11 Å². The summed E-state index contributed by atoms with van der Waals surface area (Å²) in [6.45, 7) is 0.908. The molecule has 2 radical (unpaired) electrons. The molecule has 1 saturated heterocycles. The fourth-order valence-corrected chi connectivity index (χ4v) is 1.64. The number of likely N-dealkylation sites (tertiary alicyclic amines) is 1. The first-order chi connectivity index (χ1) is 8.60. The Bertz CT molecular complexity index is 337. The summed E-state index contributed by atoms with van der Waals surface area (Å²) in [7, 11) is 6.68. The Labute approximate surface area is 107 Å². The molecule has 1 unspecified atom stereocenters. The fraction of sp³-hybridized carbons (Fsp3) is 0.700. The van der Waals surface area contributed by atoms with Crippen molar-refractivity contribution in [3.8, 4) is 0 Å².